The highest BCUT2D eigenvalue weighted by atomic mass is 14.9. The maximum absolute atomic E-state index is 3.36. The Morgan fingerprint density at radius 1 is 1.33 bits per heavy atom. The summed E-state index contributed by atoms with van der Waals surface area (Å²) >= 11 is 0. The van der Waals surface area contributed by atoms with Gasteiger partial charge in [0, 0.05) is 6.04 Å². The zero-order valence-corrected chi connectivity index (χ0v) is 10.2. The lowest BCUT2D eigenvalue weighted by Crippen LogP contribution is -2.22. The number of rotatable bonds is 4. The van der Waals surface area contributed by atoms with Crippen molar-refractivity contribution in [3.05, 3.63) is 41.0 Å². The van der Waals surface area contributed by atoms with Crippen LogP contribution in [0.15, 0.2) is 24.3 Å². The second-order valence-corrected chi connectivity index (χ2v) is 4.07. The molecule has 1 atom stereocenters. The second-order valence-electron chi connectivity index (χ2n) is 4.07. The van der Waals surface area contributed by atoms with Crippen molar-refractivity contribution in [1.82, 2.24) is 5.32 Å². The number of hydrogen-bond acceptors (Lipinski definition) is 1. The molecule has 0 saturated heterocycles. The molecule has 0 heterocycles. The van der Waals surface area contributed by atoms with Gasteiger partial charge in [-0.3, -0.25) is 0 Å². The average molecular weight is 203 g/mol. The van der Waals surface area contributed by atoms with Gasteiger partial charge in [0.15, 0.2) is 0 Å². The van der Waals surface area contributed by atoms with Crippen LogP contribution in [0.3, 0.4) is 0 Å². The largest absolute Gasteiger partial charge is 0.311 e. The van der Waals surface area contributed by atoms with Gasteiger partial charge in [-0.15, -0.1) is 0 Å². The lowest BCUT2D eigenvalue weighted by atomic mass is 10.0. The summed E-state index contributed by atoms with van der Waals surface area (Å²) in [6, 6.07) is 7.00. The highest BCUT2D eigenvalue weighted by Gasteiger charge is 1.96. The molecular formula is C14H21N. The molecule has 0 amide bonds. The van der Waals surface area contributed by atoms with Gasteiger partial charge >= 0.3 is 0 Å². The van der Waals surface area contributed by atoms with Crippen molar-refractivity contribution in [3.8, 4) is 0 Å². The Kier molecular flexibility index (Phi) is 4.57. The van der Waals surface area contributed by atoms with Gasteiger partial charge in [-0.2, -0.15) is 0 Å². The first-order valence-electron chi connectivity index (χ1n) is 5.62. The maximum Gasteiger partial charge on any atom is 0.0224 e. The third kappa shape index (κ3) is 3.88. The van der Waals surface area contributed by atoms with Gasteiger partial charge in [0.1, 0.15) is 0 Å². The summed E-state index contributed by atoms with van der Waals surface area (Å²) in [5, 5.41) is 3.36. The van der Waals surface area contributed by atoms with Crippen LogP contribution in [0.4, 0.5) is 0 Å². The topological polar surface area (TPSA) is 12.0 Å². The minimum atomic E-state index is 0.440. The van der Waals surface area contributed by atoms with Crippen molar-refractivity contribution in [2.24, 2.45) is 0 Å². The predicted octanol–water partition coefficient (Wildman–Crippen LogP) is 3.31. The van der Waals surface area contributed by atoms with Crippen LogP contribution in [0.25, 0.3) is 6.08 Å². The van der Waals surface area contributed by atoms with E-state index in [9.17, 15) is 0 Å². The molecule has 1 unspecified atom stereocenters. The van der Waals surface area contributed by atoms with Crippen LogP contribution in [0.5, 0.6) is 0 Å². The summed E-state index contributed by atoms with van der Waals surface area (Å²) < 4.78 is 0. The molecule has 0 saturated carbocycles. The van der Waals surface area contributed by atoms with Crippen LogP contribution in [0.1, 0.15) is 30.5 Å². The molecule has 1 nitrogen and oxygen atoms in total. The molecule has 0 aliphatic rings. The normalized spacial score (nSPS) is 13.3. The van der Waals surface area contributed by atoms with Crippen LogP contribution in [-0.4, -0.2) is 12.6 Å². The Balaban J connectivity index is 2.72. The smallest absolute Gasteiger partial charge is 0.0224 e. The lowest BCUT2D eigenvalue weighted by molar-refractivity contribution is 0.663. The number of benzene rings is 1. The fourth-order valence-corrected chi connectivity index (χ4v) is 1.65. The number of likely N-dealkylation sites (N-methyl/N-ethyl adjacent to an activating group) is 1. The highest BCUT2D eigenvalue weighted by molar-refractivity contribution is 5.54. The van der Waals surface area contributed by atoms with Crippen LogP contribution in [-0.2, 0) is 0 Å². The molecule has 15 heavy (non-hydrogen) atoms. The summed E-state index contributed by atoms with van der Waals surface area (Å²) in [7, 11) is 0. The molecule has 1 aromatic rings. The molecular weight excluding hydrogens is 182 g/mol. The van der Waals surface area contributed by atoms with Crippen molar-refractivity contribution in [2.45, 2.75) is 33.7 Å². The van der Waals surface area contributed by atoms with Gasteiger partial charge in [0.05, 0.1) is 0 Å². The van der Waals surface area contributed by atoms with E-state index >= 15 is 0 Å². The van der Waals surface area contributed by atoms with E-state index in [4.69, 9.17) is 0 Å². The molecule has 1 N–H and O–H groups in total. The van der Waals surface area contributed by atoms with Gasteiger partial charge in [-0.05, 0) is 38.4 Å². The average Bonchev–Trinajstić information content (AvgIpc) is 2.17. The van der Waals surface area contributed by atoms with Gasteiger partial charge in [0.2, 0.25) is 0 Å². The molecule has 1 rings (SSSR count). The first-order valence-corrected chi connectivity index (χ1v) is 5.62. The Hall–Kier alpha value is -1.08. The van der Waals surface area contributed by atoms with Crippen LogP contribution < -0.4 is 5.32 Å². The minimum absolute atomic E-state index is 0.440. The first-order chi connectivity index (χ1) is 7.13. The maximum atomic E-state index is 3.36. The van der Waals surface area contributed by atoms with E-state index in [1.165, 1.54) is 16.7 Å². The molecule has 0 aliphatic carbocycles. The molecule has 0 radical (unpaired) electrons. The molecule has 0 aliphatic heterocycles. The molecule has 0 spiro atoms. The highest BCUT2D eigenvalue weighted by Crippen LogP contribution is 2.12. The summed E-state index contributed by atoms with van der Waals surface area (Å²) in [5.41, 5.74) is 3.98. The van der Waals surface area contributed by atoms with Crippen molar-refractivity contribution in [1.29, 1.82) is 0 Å². The fourth-order valence-electron chi connectivity index (χ4n) is 1.65. The summed E-state index contributed by atoms with van der Waals surface area (Å²) in [4.78, 5) is 0. The van der Waals surface area contributed by atoms with Crippen LogP contribution in [0.2, 0.25) is 0 Å². The van der Waals surface area contributed by atoms with Crippen molar-refractivity contribution >= 4 is 6.08 Å². The van der Waals surface area contributed by atoms with Gasteiger partial charge in [-0.25, -0.2) is 0 Å². The van der Waals surface area contributed by atoms with E-state index in [1.807, 2.05) is 0 Å². The molecule has 82 valence electrons. The molecule has 1 heteroatoms. The minimum Gasteiger partial charge on any atom is -0.311 e. The summed E-state index contributed by atoms with van der Waals surface area (Å²) in [5.74, 6) is 0. The quantitative estimate of drug-likeness (QED) is 0.791. The number of aryl methyl sites for hydroxylation is 2. The Labute approximate surface area is 93.2 Å². The van der Waals surface area contributed by atoms with Crippen molar-refractivity contribution in [2.75, 3.05) is 6.54 Å². The molecule has 0 aromatic heterocycles. The SMILES string of the molecule is CCNC(C)/C=C/c1ccc(C)cc1C. The van der Waals surface area contributed by atoms with Gasteiger partial charge < -0.3 is 5.32 Å². The fraction of sp³-hybridized carbons (Fsp3) is 0.429. The standard InChI is InChI=1S/C14H21N/c1-5-15-13(4)7-9-14-8-6-11(2)10-12(14)3/h6-10,13,15H,5H2,1-4H3/b9-7+. The Bertz CT molecular complexity index is 339. The van der Waals surface area contributed by atoms with E-state index in [0.717, 1.165) is 6.54 Å². The van der Waals surface area contributed by atoms with E-state index < -0.39 is 0 Å². The van der Waals surface area contributed by atoms with E-state index in [-0.39, 0.29) is 0 Å². The predicted molar refractivity (Wildman–Crippen MR) is 68.1 cm³/mol. The zero-order chi connectivity index (χ0) is 11.3. The van der Waals surface area contributed by atoms with E-state index in [0.29, 0.717) is 6.04 Å². The van der Waals surface area contributed by atoms with E-state index in [2.05, 4.69) is 63.4 Å². The Morgan fingerprint density at radius 3 is 2.67 bits per heavy atom. The second kappa shape index (κ2) is 5.72. The zero-order valence-electron chi connectivity index (χ0n) is 10.2. The number of hydrogen-bond donors (Lipinski definition) is 1. The first kappa shape index (κ1) is 12.0. The van der Waals surface area contributed by atoms with Crippen LogP contribution in [0, 0.1) is 13.8 Å². The van der Waals surface area contributed by atoms with Crippen LogP contribution >= 0.6 is 0 Å². The molecule has 1 aromatic carbocycles. The molecule has 0 fully saturated rings. The van der Waals surface area contributed by atoms with Crippen molar-refractivity contribution in [3.63, 3.8) is 0 Å². The van der Waals surface area contributed by atoms with Gasteiger partial charge in [-0.1, -0.05) is 42.8 Å². The van der Waals surface area contributed by atoms with Gasteiger partial charge in [0.25, 0.3) is 0 Å². The van der Waals surface area contributed by atoms with E-state index in [1.54, 1.807) is 0 Å². The Morgan fingerprint density at radius 2 is 2.07 bits per heavy atom. The third-order valence-corrected chi connectivity index (χ3v) is 2.52. The molecule has 0 bridgehead atoms. The monoisotopic (exact) mass is 203 g/mol. The number of nitrogens with one attached hydrogen (secondary N) is 1. The third-order valence-electron chi connectivity index (χ3n) is 2.52. The summed E-state index contributed by atoms with van der Waals surface area (Å²) in [6.07, 6.45) is 4.41. The van der Waals surface area contributed by atoms with Crippen molar-refractivity contribution < 1.29 is 0 Å². The lowest BCUT2D eigenvalue weighted by Gasteiger charge is -2.07. The summed E-state index contributed by atoms with van der Waals surface area (Å²) in [6.45, 7) is 9.59.